The maximum absolute atomic E-state index is 13.3. The quantitative estimate of drug-likeness (QED) is 0.809. The van der Waals surface area contributed by atoms with Gasteiger partial charge in [0.15, 0.2) is 17.5 Å². The Morgan fingerprint density at radius 3 is 2.18 bits per heavy atom. The van der Waals surface area contributed by atoms with Crippen molar-refractivity contribution < 1.29 is 23.1 Å². The number of carboxylic acids is 1. The number of carbonyl (C=O) groups is 1. The first kappa shape index (κ1) is 16.8. The molecule has 1 aromatic carbocycles. The van der Waals surface area contributed by atoms with Crippen molar-refractivity contribution in [2.45, 2.75) is 45.4 Å². The predicted molar refractivity (Wildman–Crippen MR) is 76.9 cm³/mol. The largest absolute Gasteiger partial charge is 0.481 e. The number of hydrogen-bond donors (Lipinski definition) is 1. The van der Waals surface area contributed by atoms with Gasteiger partial charge in [-0.05, 0) is 48.8 Å². The van der Waals surface area contributed by atoms with Crippen LogP contribution in [0.1, 0.15) is 44.6 Å². The zero-order valence-corrected chi connectivity index (χ0v) is 12.6. The summed E-state index contributed by atoms with van der Waals surface area (Å²) in [5.41, 5.74) is 0.196. The molecule has 1 aromatic rings. The van der Waals surface area contributed by atoms with Crippen LogP contribution >= 0.6 is 0 Å². The van der Waals surface area contributed by atoms with Crippen molar-refractivity contribution in [1.82, 2.24) is 0 Å². The zero-order valence-electron chi connectivity index (χ0n) is 12.6. The van der Waals surface area contributed by atoms with Gasteiger partial charge in [-0.2, -0.15) is 0 Å². The summed E-state index contributed by atoms with van der Waals surface area (Å²) in [7, 11) is 0. The highest BCUT2D eigenvalue weighted by Crippen LogP contribution is 2.36. The van der Waals surface area contributed by atoms with Crippen molar-refractivity contribution in [3.63, 3.8) is 0 Å². The highest BCUT2D eigenvalue weighted by molar-refractivity contribution is 5.70. The molecule has 0 radical (unpaired) electrons. The summed E-state index contributed by atoms with van der Waals surface area (Å²) in [5.74, 6) is -5.03. The van der Waals surface area contributed by atoms with Gasteiger partial charge < -0.3 is 5.11 Å². The fraction of sp³-hybridized carbons (Fsp3) is 0.588. The van der Waals surface area contributed by atoms with Crippen LogP contribution in [-0.2, 0) is 11.2 Å². The van der Waals surface area contributed by atoms with Crippen molar-refractivity contribution in [2.75, 3.05) is 0 Å². The van der Waals surface area contributed by atoms with Crippen molar-refractivity contribution in [1.29, 1.82) is 0 Å². The number of aliphatic carboxylic acids is 1. The first-order valence-corrected chi connectivity index (χ1v) is 7.78. The molecule has 2 nitrogen and oxygen atoms in total. The molecule has 1 aliphatic rings. The highest BCUT2D eigenvalue weighted by Gasteiger charge is 2.32. The Morgan fingerprint density at radius 1 is 1.18 bits per heavy atom. The number of carboxylic acid groups (broad SMARTS) is 1. The number of benzene rings is 1. The molecule has 22 heavy (non-hydrogen) atoms. The smallest absolute Gasteiger partial charge is 0.307 e. The predicted octanol–water partition coefficient (Wildman–Crippen LogP) is 4.56. The second kappa shape index (κ2) is 7.16. The molecule has 1 aliphatic carbocycles. The van der Waals surface area contributed by atoms with Crippen molar-refractivity contribution in [3.05, 3.63) is 35.1 Å². The van der Waals surface area contributed by atoms with Crippen LogP contribution in [0, 0.1) is 35.2 Å². The van der Waals surface area contributed by atoms with E-state index < -0.39 is 29.3 Å². The normalized spacial score (nSPS) is 23.3. The molecule has 0 aromatic heterocycles. The summed E-state index contributed by atoms with van der Waals surface area (Å²) in [4.78, 5) is 11.5. The molecule has 1 fully saturated rings. The van der Waals surface area contributed by atoms with E-state index in [1.807, 2.05) is 0 Å². The summed E-state index contributed by atoms with van der Waals surface area (Å²) < 4.78 is 39.5. The van der Waals surface area contributed by atoms with Crippen molar-refractivity contribution in [3.8, 4) is 0 Å². The summed E-state index contributed by atoms with van der Waals surface area (Å²) >= 11 is 0. The molecule has 0 heterocycles. The maximum atomic E-state index is 13.3. The third-order valence-electron chi connectivity index (χ3n) is 4.85. The molecule has 0 amide bonds. The van der Waals surface area contributed by atoms with Crippen molar-refractivity contribution in [2.24, 2.45) is 17.8 Å². The highest BCUT2D eigenvalue weighted by atomic mass is 19.2. The van der Waals surface area contributed by atoms with E-state index in [1.54, 1.807) is 0 Å². The fourth-order valence-corrected chi connectivity index (χ4v) is 3.43. The Kier molecular flexibility index (Phi) is 5.48. The van der Waals surface area contributed by atoms with Crippen LogP contribution in [0.4, 0.5) is 13.2 Å². The lowest BCUT2D eigenvalue weighted by molar-refractivity contribution is -0.144. The van der Waals surface area contributed by atoms with Gasteiger partial charge in [0, 0.05) is 0 Å². The molecule has 2 rings (SSSR count). The third-order valence-corrected chi connectivity index (χ3v) is 4.85. The van der Waals surface area contributed by atoms with Gasteiger partial charge in [-0.3, -0.25) is 4.79 Å². The molecule has 122 valence electrons. The Bertz CT molecular complexity index is 514. The van der Waals surface area contributed by atoms with Gasteiger partial charge >= 0.3 is 5.97 Å². The molecule has 0 aliphatic heterocycles. The summed E-state index contributed by atoms with van der Waals surface area (Å²) in [5, 5.41) is 9.44. The number of halogens is 3. The lowest BCUT2D eigenvalue weighted by Gasteiger charge is -2.31. The second-order valence-electron chi connectivity index (χ2n) is 6.21. The number of rotatable bonds is 5. The topological polar surface area (TPSA) is 37.3 Å². The minimum absolute atomic E-state index is 0.0106. The summed E-state index contributed by atoms with van der Waals surface area (Å²) in [6.45, 7) is 2.13. The van der Waals surface area contributed by atoms with E-state index in [4.69, 9.17) is 0 Å². The summed E-state index contributed by atoms with van der Waals surface area (Å²) in [6, 6.07) is 1.79. The number of hydrogen-bond acceptors (Lipinski definition) is 1. The first-order chi connectivity index (χ1) is 10.4. The van der Waals surface area contributed by atoms with Gasteiger partial charge in [0.05, 0.1) is 5.92 Å². The monoisotopic (exact) mass is 314 g/mol. The van der Waals surface area contributed by atoms with Crippen LogP contribution in [0.5, 0.6) is 0 Å². The summed E-state index contributed by atoms with van der Waals surface area (Å²) in [6.07, 6.45) is 4.77. The second-order valence-corrected chi connectivity index (χ2v) is 6.21. The van der Waals surface area contributed by atoms with Crippen LogP contribution in [0.15, 0.2) is 12.1 Å². The Hall–Kier alpha value is -1.52. The van der Waals surface area contributed by atoms with Gasteiger partial charge in [-0.25, -0.2) is 13.2 Å². The van der Waals surface area contributed by atoms with E-state index >= 15 is 0 Å². The lowest BCUT2D eigenvalue weighted by atomic mass is 9.73. The zero-order chi connectivity index (χ0) is 16.3. The Balaban J connectivity index is 2.11. The first-order valence-electron chi connectivity index (χ1n) is 7.78. The van der Waals surface area contributed by atoms with Gasteiger partial charge in [0.25, 0.3) is 0 Å². The molecule has 0 bridgehead atoms. The SMILES string of the molecule is CCC1CCC(C(Cc2cc(F)c(F)c(F)c2)C(=O)O)CC1. The molecule has 5 heteroatoms. The minimum Gasteiger partial charge on any atom is -0.481 e. The molecule has 1 N–H and O–H groups in total. The molecule has 1 atom stereocenters. The van der Waals surface area contributed by atoms with Gasteiger partial charge in [-0.1, -0.05) is 26.2 Å². The average molecular weight is 314 g/mol. The maximum Gasteiger partial charge on any atom is 0.307 e. The van der Waals surface area contributed by atoms with Crippen LogP contribution in [0.2, 0.25) is 0 Å². The Morgan fingerprint density at radius 2 is 1.73 bits per heavy atom. The minimum atomic E-state index is -1.51. The van der Waals surface area contributed by atoms with E-state index in [9.17, 15) is 23.1 Å². The molecule has 0 spiro atoms. The van der Waals surface area contributed by atoms with Crippen LogP contribution in [0.25, 0.3) is 0 Å². The molecule has 1 unspecified atom stereocenters. The fourth-order valence-electron chi connectivity index (χ4n) is 3.43. The van der Waals surface area contributed by atoms with Crippen LogP contribution in [-0.4, -0.2) is 11.1 Å². The van der Waals surface area contributed by atoms with E-state index in [1.165, 1.54) is 0 Å². The van der Waals surface area contributed by atoms with Gasteiger partial charge in [0.1, 0.15) is 0 Å². The average Bonchev–Trinajstić information content (AvgIpc) is 2.50. The van der Waals surface area contributed by atoms with Crippen LogP contribution < -0.4 is 0 Å². The van der Waals surface area contributed by atoms with Gasteiger partial charge in [0.2, 0.25) is 0 Å². The van der Waals surface area contributed by atoms with E-state index in [2.05, 4.69) is 6.92 Å². The van der Waals surface area contributed by atoms with Gasteiger partial charge in [-0.15, -0.1) is 0 Å². The molecular weight excluding hydrogens is 293 g/mol. The molecule has 0 saturated heterocycles. The van der Waals surface area contributed by atoms with Crippen LogP contribution in [0.3, 0.4) is 0 Å². The third kappa shape index (κ3) is 3.81. The standard InChI is InChI=1S/C17H21F3O2/c1-2-10-3-5-12(6-4-10)13(17(21)22)7-11-8-14(18)16(20)15(19)9-11/h8-10,12-13H,2-7H2,1H3,(H,21,22). The van der Waals surface area contributed by atoms with E-state index in [-0.39, 0.29) is 17.9 Å². The molecule has 1 saturated carbocycles. The molecular formula is C17H21F3O2. The van der Waals surface area contributed by atoms with E-state index in [0.29, 0.717) is 5.92 Å². The van der Waals surface area contributed by atoms with Crippen molar-refractivity contribution >= 4 is 5.97 Å². The van der Waals surface area contributed by atoms with E-state index in [0.717, 1.165) is 44.2 Å². The lowest BCUT2D eigenvalue weighted by Crippen LogP contribution is -2.29. The Labute approximate surface area is 128 Å².